The van der Waals surface area contributed by atoms with Crippen molar-refractivity contribution in [2.75, 3.05) is 0 Å². The van der Waals surface area contributed by atoms with Crippen molar-refractivity contribution in [3.8, 4) is 16.9 Å². The molecule has 0 aliphatic carbocycles. The largest absolute Gasteiger partial charge is 0.378 e. The number of rotatable bonds is 6. The summed E-state index contributed by atoms with van der Waals surface area (Å²) >= 11 is 12.1. The van der Waals surface area contributed by atoms with Crippen LogP contribution in [0, 0.1) is 0 Å². The molecule has 0 saturated carbocycles. The lowest BCUT2D eigenvalue weighted by atomic mass is 10.1. The van der Waals surface area contributed by atoms with Crippen LogP contribution in [0.4, 0.5) is 0 Å². The molecular formula is C24H19Cl2N3O2. The van der Waals surface area contributed by atoms with Crippen LogP contribution < -0.4 is 5.32 Å². The second-order valence-electron chi connectivity index (χ2n) is 6.95. The smallest absolute Gasteiger partial charge is 0.253 e. The third-order valence-corrected chi connectivity index (χ3v) is 5.28. The van der Waals surface area contributed by atoms with Crippen LogP contribution >= 0.6 is 23.2 Å². The lowest BCUT2D eigenvalue weighted by molar-refractivity contribution is -0.129. The quantitative estimate of drug-likeness (QED) is 0.423. The highest BCUT2D eigenvalue weighted by Gasteiger charge is 2.18. The highest BCUT2D eigenvalue weighted by molar-refractivity contribution is 6.30. The maximum absolute atomic E-state index is 12.4. The molecule has 1 amide bonds. The zero-order valence-corrected chi connectivity index (χ0v) is 17.9. The Kier molecular flexibility index (Phi) is 6.37. The second kappa shape index (κ2) is 9.35. The fourth-order valence-corrected chi connectivity index (χ4v) is 3.43. The number of benzene rings is 3. The van der Waals surface area contributed by atoms with Gasteiger partial charge in [-0.1, -0.05) is 65.7 Å². The molecule has 0 aliphatic heterocycles. The normalized spacial score (nSPS) is 11.8. The van der Waals surface area contributed by atoms with Gasteiger partial charge in [-0.25, -0.2) is 4.68 Å². The second-order valence-corrected chi connectivity index (χ2v) is 7.82. The Hall–Kier alpha value is -3.12. The molecule has 31 heavy (non-hydrogen) atoms. The number of amides is 1. The lowest BCUT2D eigenvalue weighted by Crippen LogP contribution is -2.29. The Bertz CT molecular complexity index is 1110. The van der Waals surface area contributed by atoms with E-state index in [2.05, 4.69) is 10.4 Å². The van der Waals surface area contributed by atoms with Gasteiger partial charge in [0.15, 0.2) is 6.10 Å². The molecule has 1 aromatic heterocycles. The van der Waals surface area contributed by atoms with Crippen molar-refractivity contribution in [2.24, 2.45) is 0 Å². The average Bonchev–Trinajstić information content (AvgIpc) is 3.23. The fourth-order valence-electron chi connectivity index (χ4n) is 3.18. The maximum Gasteiger partial charge on any atom is 0.253 e. The topological polar surface area (TPSA) is 67.2 Å². The standard InChI is InChI=1S/C24H19Cl2N3O2/c25-18-8-6-16(7-9-18)22-14-20(28-29(22)21-12-10-19(26)11-13-21)15-27-24(31)23(30)17-4-2-1-3-5-17/h1-14,23,30H,15H2,(H,27,31). The summed E-state index contributed by atoms with van der Waals surface area (Å²) < 4.78 is 1.79. The molecule has 0 fully saturated rings. The van der Waals surface area contributed by atoms with Crippen LogP contribution in [0.5, 0.6) is 0 Å². The Morgan fingerprint density at radius 1 is 0.935 bits per heavy atom. The van der Waals surface area contributed by atoms with Gasteiger partial charge in [-0.15, -0.1) is 0 Å². The number of halogens is 2. The van der Waals surface area contributed by atoms with Crippen LogP contribution in [0.1, 0.15) is 17.4 Å². The predicted molar refractivity (Wildman–Crippen MR) is 122 cm³/mol. The van der Waals surface area contributed by atoms with E-state index >= 15 is 0 Å². The Balaban J connectivity index is 1.59. The molecule has 0 bridgehead atoms. The molecule has 1 unspecified atom stereocenters. The van der Waals surface area contributed by atoms with E-state index in [9.17, 15) is 9.90 Å². The third kappa shape index (κ3) is 4.97. The van der Waals surface area contributed by atoms with Crippen LogP contribution in [-0.2, 0) is 11.3 Å². The summed E-state index contributed by atoms with van der Waals surface area (Å²) in [6.07, 6.45) is -1.24. The SMILES string of the molecule is O=C(NCc1cc(-c2ccc(Cl)cc2)n(-c2ccc(Cl)cc2)n1)C(O)c1ccccc1. The number of nitrogens with zero attached hydrogens (tertiary/aromatic N) is 2. The lowest BCUT2D eigenvalue weighted by Gasteiger charge is -2.10. The number of aromatic nitrogens is 2. The van der Waals surface area contributed by atoms with E-state index in [1.165, 1.54) is 0 Å². The molecule has 0 aliphatic rings. The first-order valence-corrected chi connectivity index (χ1v) is 10.4. The molecule has 7 heteroatoms. The van der Waals surface area contributed by atoms with Crippen molar-refractivity contribution in [3.05, 3.63) is 106 Å². The Labute approximate surface area is 189 Å². The Morgan fingerprint density at radius 3 is 2.19 bits per heavy atom. The van der Waals surface area contributed by atoms with Crippen molar-refractivity contribution < 1.29 is 9.90 Å². The molecule has 0 radical (unpaired) electrons. The van der Waals surface area contributed by atoms with Crippen LogP contribution in [0.15, 0.2) is 84.9 Å². The summed E-state index contributed by atoms with van der Waals surface area (Å²) in [7, 11) is 0. The van der Waals surface area contributed by atoms with Crippen LogP contribution in [0.25, 0.3) is 16.9 Å². The summed E-state index contributed by atoms with van der Waals surface area (Å²) in [6.45, 7) is 0.171. The first kappa shape index (κ1) is 21.1. The van der Waals surface area contributed by atoms with Gasteiger partial charge in [-0.3, -0.25) is 4.79 Å². The molecule has 1 atom stereocenters. The molecule has 3 aromatic carbocycles. The van der Waals surface area contributed by atoms with Gasteiger partial charge in [0.25, 0.3) is 5.91 Å². The van der Waals surface area contributed by atoms with Gasteiger partial charge in [0, 0.05) is 15.6 Å². The molecule has 156 valence electrons. The highest BCUT2D eigenvalue weighted by atomic mass is 35.5. The summed E-state index contributed by atoms with van der Waals surface area (Å²) in [6, 6.07) is 25.5. The molecule has 4 aromatic rings. The van der Waals surface area contributed by atoms with Crippen molar-refractivity contribution in [2.45, 2.75) is 12.6 Å². The molecule has 1 heterocycles. The van der Waals surface area contributed by atoms with E-state index in [0.717, 1.165) is 16.9 Å². The zero-order chi connectivity index (χ0) is 21.8. The third-order valence-electron chi connectivity index (χ3n) is 4.78. The van der Waals surface area contributed by atoms with E-state index in [0.29, 0.717) is 21.3 Å². The van der Waals surface area contributed by atoms with E-state index in [1.807, 2.05) is 48.5 Å². The molecular weight excluding hydrogens is 433 g/mol. The number of hydrogen-bond acceptors (Lipinski definition) is 3. The first-order valence-electron chi connectivity index (χ1n) is 9.63. The Morgan fingerprint density at radius 2 is 1.55 bits per heavy atom. The summed E-state index contributed by atoms with van der Waals surface area (Å²) in [5, 5.41) is 19.0. The summed E-state index contributed by atoms with van der Waals surface area (Å²) in [5.74, 6) is -0.486. The number of nitrogens with one attached hydrogen (secondary N) is 1. The van der Waals surface area contributed by atoms with Gasteiger partial charge in [0.05, 0.1) is 23.6 Å². The van der Waals surface area contributed by atoms with Crippen LogP contribution in [0.2, 0.25) is 10.0 Å². The number of carbonyl (C=O) groups is 1. The number of aliphatic hydroxyl groups is 1. The average molecular weight is 452 g/mol. The van der Waals surface area contributed by atoms with Gasteiger partial charge in [-0.05, 0) is 48.0 Å². The predicted octanol–water partition coefficient (Wildman–Crippen LogP) is 5.20. The molecule has 0 spiro atoms. The molecule has 2 N–H and O–H groups in total. The van der Waals surface area contributed by atoms with E-state index in [1.54, 1.807) is 41.1 Å². The minimum atomic E-state index is -1.24. The summed E-state index contributed by atoms with van der Waals surface area (Å²) in [5.41, 5.74) is 3.78. The summed E-state index contributed by atoms with van der Waals surface area (Å²) in [4.78, 5) is 12.4. The maximum atomic E-state index is 12.4. The van der Waals surface area contributed by atoms with E-state index in [-0.39, 0.29) is 6.54 Å². The van der Waals surface area contributed by atoms with Gasteiger partial charge >= 0.3 is 0 Å². The molecule has 4 rings (SSSR count). The minimum Gasteiger partial charge on any atom is -0.378 e. The van der Waals surface area contributed by atoms with Crippen LogP contribution in [0.3, 0.4) is 0 Å². The fraction of sp³-hybridized carbons (Fsp3) is 0.0833. The van der Waals surface area contributed by atoms with Crippen LogP contribution in [-0.4, -0.2) is 20.8 Å². The minimum absolute atomic E-state index is 0.171. The van der Waals surface area contributed by atoms with Crippen molar-refractivity contribution >= 4 is 29.1 Å². The molecule has 0 saturated heterocycles. The van der Waals surface area contributed by atoms with Crippen molar-refractivity contribution in [1.82, 2.24) is 15.1 Å². The van der Waals surface area contributed by atoms with E-state index < -0.39 is 12.0 Å². The van der Waals surface area contributed by atoms with Crippen molar-refractivity contribution in [3.63, 3.8) is 0 Å². The number of carbonyl (C=O) groups excluding carboxylic acids is 1. The van der Waals surface area contributed by atoms with E-state index in [4.69, 9.17) is 23.2 Å². The number of hydrogen-bond donors (Lipinski definition) is 2. The van der Waals surface area contributed by atoms with Gasteiger partial charge in [-0.2, -0.15) is 5.10 Å². The monoisotopic (exact) mass is 451 g/mol. The highest BCUT2D eigenvalue weighted by Crippen LogP contribution is 2.26. The zero-order valence-electron chi connectivity index (χ0n) is 16.4. The number of aliphatic hydroxyl groups excluding tert-OH is 1. The molecule has 5 nitrogen and oxygen atoms in total. The van der Waals surface area contributed by atoms with Gasteiger partial charge in [0.1, 0.15) is 0 Å². The van der Waals surface area contributed by atoms with Gasteiger partial charge in [0.2, 0.25) is 0 Å². The van der Waals surface area contributed by atoms with Crippen molar-refractivity contribution in [1.29, 1.82) is 0 Å². The van der Waals surface area contributed by atoms with Gasteiger partial charge < -0.3 is 10.4 Å². The first-order chi connectivity index (χ1) is 15.0.